The van der Waals surface area contributed by atoms with E-state index in [2.05, 4.69) is 28.6 Å². The summed E-state index contributed by atoms with van der Waals surface area (Å²) >= 11 is 3.99. The molecular formula is C19H26N4O8S. The Hall–Kier alpha value is -3.16. The van der Waals surface area contributed by atoms with Crippen molar-refractivity contribution in [3.05, 3.63) is 35.9 Å². The van der Waals surface area contributed by atoms with Crippen molar-refractivity contribution < 1.29 is 39.3 Å². The van der Waals surface area contributed by atoms with Crippen molar-refractivity contribution in [1.82, 2.24) is 16.0 Å². The molecule has 4 unspecified atom stereocenters. The van der Waals surface area contributed by atoms with Gasteiger partial charge in [0, 0.05) is 12.2 Å². The molecule has 13 heteroatoms. The molecule has 3 amide bonds. The van der Waals surface area contributed by atoms with Crippen LogP contribution in [0, 0.1) is 0 Å². The van der Waals surface area contributed by atoms with E-state index in [1.165, 1.54) is 0 Å². The minimum absolute atomic E-state index is 0.0120. The summed E-state index contributed by atoms with van der Waals surface area (Å²) in [5.41, 5.74) is 6.13. The SMILES string of the molecule is NC(CC(=O)O)C(=O)NC(CS)C(=O)NC(Cc1ccccc1)C(=O)NC(CO)C(=O)O. The molecule has 0 aliphatic carbocycles. The Labute approximate surface area is 189 Å². The average Bonchev–Trinajstić information content (AvgIpc) is 2.74. The van der Waals surface area contributed by atoms with Crippen LogP contribution in [-0.4, -0.2) is 81.5 Å². The second kappa shape index (κ2) is 13.3. The van der Waals surface area contributed by atoms with Crippen LogP contribution in [0.15, 0.2) is 30.3 Å². The monoisotopic (exact) mass is 470 g/mol. The fourth-order valence-corrected chi connectivity index (χ4v) is 2.80. The van der Waals surface area contributed by atoms with Gasteiger partial charge < -0.3 is 37.0 Å². The van der Waals surface area contributed by atoms with Crippen LogP contribution >= 0.6 is 12.6 Å². The smallest absolute Gasteiger partial charge is 0.328 e. The van der Waals surface area contributed by atoms with Crippen molar-refractivity contribution in [2.75, 3.05) is 12.4 Å². The van der Waals surface area contributed by atoms with Crippen molar-refractivity contribution in [3.8, 4) is 0 Å². The number of aliphatic hydroxyl groups is 1. The van der Waals surface area contributed by atoms with Gasteiger partial charge in [0.25, 0.3) is 0 Å². The van der Waals surface area contributed by atoms with Crippen LogP contribution in [0.1, 0.15) is 12.0 Å². The number of benzene rings is 1. The van der Waals surface area contributed by atoms with Crippen LogP contribution < -0.4 is 21.7 Å². The topological polar surface area (TPSA) is 208 Å². The van der Waals surface area contributed by atoms with Gasteiger partial charge in [0.15, 0.2) is 0 Å². The van der Waals surface area contributed by atoms with Crippen LogP contribution in [0.25, 0.3) is 0 Å². The number of nitrogens with two attached hydrogens (primary N) is 1. The Morgan fingerprint density at radius 1 is 0.875 bits per heavy atom. The molecular weight excluding hydrogens is 444 g/mol. The van der Waals surface area contributed by atoms with E-state index in [1.54, 1.807) is 30.3 Å². The number of nitrogens with one attached hydrogen (secondary N) is 3. The lowest BCUT2D eigenvalue weighted by Gasteiger charge is -2.24. The Morgan fingerprint density at radius 2 is 1.41 bits per heavy atom. The van der Waals surface area contributed by atoms with Gasteiger partial charge in [-0.3, -0.25) is 19.2 Å². The fourth-order valence-electron chi connectivity index (χ4n) is 2.54. The van der Waals surface area contributed by atoms with Gasteiger partial charge in [0.05, 0.1) is 19.1 Å². The number of hydrogen-bond donors (Lipinski definition) is 8. The summed E-state index contributed by atoms with van der Waals surface area (Å²) < 4.78 is 0. The van der Waals surface area contributed by atoms with Crippen molar-refractivity contribution >= 4 is 42.3 Å². The third kappa shape index (κ3) is 8.91. The minimum Gasteiger partial charge on any atom is -0.481 e. The Bertz CT molecular complexity index is 823. The highest BCUT2D eigenvalue weighted by Gasteiger charge is 2.30. The van der Waals surface area contributed by atoms with Crippen LogP contribution in [0.5, 0.6) is 0 Å². The lowest BCUT2D eigenvalue weighted by molar-refractivity contribution is -0.143. The van der Waals surface area contributed by atoms with E-state index in [1.807, 2.05) is 0 Å². The van der Waals surface area contributed by atoms with Crippen molar-refractivity contribution in [3.63, 3.8) is 0 Å². The molecule has 0 aromatic heterocycles. The molecule has 0 fully saturated rings. The van der Waals surface area contributed by atoms with Gasteiger partial charge in [-0.25, -0.2) is 4.79 Å². The van der Waals surface area contributed by atoms with E-state index >= 15 is 0 Å². The van der Waals surface area contributed by atoms with Gasteiger partial charge in [-0.1, -0.05) is 30.3 Å². The molecule has 0 aliphatic rings. The van der Waals surface area contributed by atoms with E-state index in [4.69, 9.17) is 21.1 Å². The number of aliphatic carboxylic acids is 2. The zero-order valence-corrected chi connectivity index (χ0v) is 17.8. The van der Waals surface area contributed by atoms with Gasteiger partial charge in [-0.15, -0.1) is 0 Å². The van der Waals surface area contributed by atoms with E-state index < -0.39 is 66.9 Å². The summed E-state index contributed by atoms with van der Waals surface area (Å²) in [4.78, 5) is 59.1. The molecule has 0 aliphatic heterocycles. The molecule has 0 bridgehead atoms. The molecule has 1 aromatic carbocycles. The summed E-state index contributed by atoms with van der Waals surface area (Å²) in [6.07, 6.45) is -0.661. The number of thiol groups is 1. The number of carbonyl (C=O) groups excluding carboxylic acids is 3. The molecule has 12 nitrogen and oxygen atoms in total. The molecule has 0 spiro atoms. The Kier molecular flexibility index (Phi) is 11.2. The summed E-state index contributed by atoms with van der Waals surface area (Å²) in [6, 6.07) is 3.08. The second-order valence-corrected chi connectivity index (χ2v) is 7.15. The first-order chi connectivity index (χ1) is 15.1. The predicted octanol–water partition coefficient (Wildman–Crippen LogP) is -2.51. The predicted molar refractivity (Wildman–Crippen MR) is 115 cm³/mol. The van der Waals surface area contributed by atoms with Crippen molar-refractivity contribution in [2.45, 2.75) is 37.0 Å². The summed E-state index contributed by atoms with van der Waals surface area (Å²) in [5.74, 6) is -5.52. The lowest BCUT2D eigenvalue weighted by Crippen LogP contribution is -2.58. The molecule has 0 heterocycles. The van der Waals surface area contributed by atoms with Crippen LogP contribution in [0.4, 0.5) is 0 Å². The maximum absolute atomic E-state index is 12.7. The standard InChI is InChI=1S/C19H26N4O8S/c20-11(7-15(25)26)16(27)23-14(9-32)18(29)21-12(6-10-4-2-1-3-5-10)17(28)22-13(8-24)19(30)31/h1-5,11-14,24,32H,6-9,20H2,(H,21,29)(H,22,28)(H,23,27)(H,25,26)(H,30,31). The Morgan fingerprint density at radius 3 is 1.91 bits per heavy atom. The Balaban J connectivity index is 2.96. The molecule has 0 saturated heterocycles. The number of carboxylic acids is 2. The number of amides is 3. The summed E-state index contributed by atoms with van der Waals surface area (Å²) in [5, 5.41) is 33.7. The molecule has 176 valence electrons. The second-order valence-electron chi connectivity index (χ2n) is 6.78. The first-order valence-electron chi connectivity index (χ1n) is 9.46. The van der Waals surface area contributed by atoms with Gasteiger partial charge in [-0.2, -0.15) is 12.6 Å². The normalized spacial score (nSPS) is 14.3. The van der Waals surface area contributed by atoms with E-state index in [0.29, 0.717) is 5.56 Å². The average molecular weight is 471 g/mol. The number of hydrogen-bond acceptors (Lipinski definition) is 8. The maximum Gasteiger partial charge on any atom is 0.328 e. The zero-order valence-electron chi connectivity index (χ0n) is 16.9. The maximum atomic E-state index is 12.7. The lowest BCUT2D eigenvalue weighted by atomic mass is 10.0. The molecule has 8 N–H and O–H groups in total. The molecule has 0 radical (unpaired) electrons. The fraction of sp³-hybridized carbons (Fsp3) is 0.421. The molecule has 4 atom stereocenters. The van der Waals surface area contributed by atoms with Crippen LogP contribution in [0.2, 0.25) is 0 Å². The van der Waals surface area contributed by atoms with Crippen LogP contribution in [0.3, 0.4) is 0 Å². The number of aliphatic hydroxyl groups excluding tert-OH is 1. The van der Waals surface area contributed by atoms with Gasteiger partial charge in [0.2, 0.25) is 17.7 Å². The molecule has 1 rings (SSSR count). The van der Waals surface area contributed by atoms with Gasteiger partial charge in [-0.05, 0) is 5.56 Å². The number of rotatable bonds is 13. The highest BCUT2D eigenvalue weighted by molar-refractivity contribution is 7.80. The number of carbonyl (C=O) groups is 5. The minimum atomic E-state index is -1.58. The van der Waals surface area contributed by atoms with E-state index in [9.17, 15) is 24.0 Å². The van der Waals surface area contributed by atoms with Gasteiger partial charge in [0.1, 0.15) is 18.1 Å². The highest BCUT2D eigenvalue weighted by atomic mass is 32.1. The third-order valence-electron chi connectivity index (χ3n) is 4.26. The molecule has 32 heavy (non-hydrogen) atoms. The van der Waals surface area contributed by atoms with E-state index in [0.717, 1.165) is 0 Å². The molecule has 1 aromatic rings. The highest BCUT2D eigenvalue weighted by Crippen LogP contribution is 2.05. The van der Waals surface area contributed by atoms with Crippen molar-refractivity contribution in [2.24, 2.45) is 5.73 Å². The molecule has 0 saturated carbocycles. The first kappa shape index (κ1) is 26.9. The van der Waals surface area contributed by atoms with E-state index in [-0.39, 0.29) is 12.2 Å². The summed E-state index contributed by atoms with van der Waals surface area (Å²) in [7, 11) is 0. The van der Waals surface area contributed by atoms with Crippen LogP contribution in [-0.2, 0) is 30.4 Å². The number of carboxylic acid groups (broad SMARTS) is 2. The quantitative estimate of drug-likeness (QED) is 0.143. The summed E-state index contributed by atoms with van der Waals surface area (Å²) in [6.45, 7) is -0.857. The largest absolute Gasteiger partial charge is 0.481 e. The van der Waals surface area contributed by atoms with Gasteiger partial charge >= 0.3 is 11.9 Å². The zero-order chi connectivity index (χ0) is 24.3. The third-order valence-corrected chi connectivity index (χ3v) is 4.62. The van der Waals surface area contributed by atoms with Crippen molar-refractivity contribution in [1.29, 1.82) is 0 Å². The first-order valence-corrected chi connectivity index (χ1v) is 10.1.